The number of carboxylic acid groups (broad SMARTS) is 1. The minimum atomic E-state index is -0.828. The highest BCUT2D eigenvalue weighted by Gasteiger charge is 2.00. The molecular weight excluding hydrogens is 250 g/mol. The van der Waals surface area contributed by atoms with Gasteiger partial charge in [0.25, 0.3) is 0 Å². The van der Waals surface area contributed by atoms with Gasteiger partial charge in [0, 0.05) is 16.4 Å². The second kappa shape index (κ2) is 5.56. The molecule has 4 heteroatoms. The van der Waals surface area contributed by atoms with Gasteiger partial charge >= 0.3 is 5.97 Å². The Kier molecular flexibility index (Phi) is 3.85. The van der Waals surface area contributed by atoms with Crippen molar-refractivity contribution in [3.05, 3.63) is 59.1 Å². The molecule has 0 saturated carbocycles. The summed E-state index contributed by atoms with van der Waals surface area (Å²) in [5.41, 5.74) is 2.57. The van der Waals surface area contributed by atoms with Gasteiger partial charge in [0.2, 0.25) is 0 Å². The van der Waals surface area contributed by atoms with Crippen LogP contribution >= 0.6 is 11.6 Å². The van der Waals surface area contributed by atoms with Gasteiger partial charge in [0.05, 0.1) is 6.42 Å². The Labute approximate surface area is 110 Å². The average Bonchev–Trinajstić information content (AvgIpc) is 2.31. The quantitative estimate of drug-likeness (QED) is 0.882. The van der Waals surface area contributed by atoms with Gasteiger partial charge < -0.3 is 10.4 Å². The molecule has 0 bridgehead atoms. The Hall–Kier alpha value is -2.00. The molecule has 0 radical (unpaired) electrons. The summed E-state index contributed by atoms with van der Waals surface area (Å²) in [5.74, 6) is -0.828. The van der Waals surface area contributed by atoms with E-state index in [1.807, 2.05) is 36.4 Å². The van der Waals surface area contributed by atoms with Crippen LogP contribution in [0.2, 0.25) is 5.02 Å². The van der Waals surface area contributed by atoms with Gasteiger partial charge in [-0.15, -0.1) is 0 Å². The first-order chi connectivity index (χ1) is 8.63. The van der Waals surface area contributed by atoms with E-state index in [0.717, 1.165) is 16.9 Å². The highest BCUT2D eigenvalue weighted by atomic mass is 35.5. The number of nitrogens with one attached hydrogen (secondary N) is 1. The van der Waals surface area contributed by atoms with Gasteiger partial charge in [-0.2, -0.15) is 0 Å². The van der Waals surface area contributed by atoms with E-state index in [1.54, 1.807) is 12.1 Å². The van der Waals surface area contributed by atoms with E-state index in [-0.39, 0.29) is 6.42 Å². The molecule has 0 unspecified atom stereocenters. The van der Waals surface area contributed by atoms with E-state index in [2.05, 4.69) is 5.32 Å². The molecule has 3 nitrogen and oxygen atoms in total. The fourth-order valence-corrected chi connectivity index (χ4v) is 1.80. The molecule has 0 aliphatic rings. The Morgan fingerprint density at radius 3 is 2.44 bits per heavy atom. The Morgan fingerprint density at radius 2 is 1.83 bits per heavy atom. The van der Waals surface area contributed by atoms with Gasteiger partial charge in [-0.25, -0.2) is 0 Å². The molecule has 0 fully saturated rings. The van der Waals surface area contributed by atoms with Crippen LogP contribution in [0, 0.1) is 0 Å². The first-order valence-electron chi connectivity index (χ1n) is 5.47. The van der Waals surface area contributed by atoms with Crippen LogP contribution in [0.25, 0.3) is 0 Å². The molecule has 0 amide bonds. The number of rotatable bonds is 4. The van der Waals surface area contributed by atoms with Crippen molar-refractivity contribution in [1.29, 1.82) is 0 Å². The van der Waals surface area contributed by atoms with Crippen molar-refractivity contribution in [3.8, 4) is 0 Å². The van der Waals surface area contributed by atoms with Crippen molar-refractivity contribution in [2.45, 2.75) is 6.42 Å². The molecule has 0 spiro atoms. The molecule has 0 heterocycles. The third-order valence-electron chi connectivity index (χ3n) is 2.42. The van der Waals surface area contributed by atoms with Crippen molar-refractivity contribution >= 4 is 28.9 Å². The standard InChI is InChI=1S/C14H12ClNO2/c15-11-2-1-3-13(9-11)16-12-6-4-10(5-7-12)8-14(17)18/h1-7,9,16H,8H2,(H,17,18). The van der Waals surface area contributed by atoms with Crippen LogP contribution in [0.4, 0.5) is 11.4 Å². The SMILES string of the molecule is O=C(O)Cc1ccc(Nc2cccc(Cl)c2)cc1. The second-order valence-corrected chi connectivity index (χ2v) is 4.34. The number of hydrogen-bond donors (Lipinski definition) is 2. The summed E-state index contributed by atoms with van der Waals surface area (Å²) in [7, 11) is 0. The van der Waals surface area contributed by atoms with E-state index in [9.17, 15) is 4.79 Å². The lowest BCUT2D eigenvalue weighted by Gasteiger charge is -2.07. The summed E-state index contributed by atoms with van der Waals surface area (Å²) in [6, 6.07) is 14.7. The molecule has 0 aliphatic carbocycles. The first kappa shape index (κ1) is 12.5. The molecule has 92 valence electrons. The summed E-state index contributed by atoms with van der Waals surface area (Å²) in [6.45, 7) is 0. The van der Waals surface area contributed by atoms with E-state index < -0.39 is 5.97 Å². The average molecular weight is 262 g/mol. The van der Waals surface area contributed by atoms with Crippen LogP contribution in [0.15, 0.2) is 48.5 Å². The highest BCUT2D eigenvalue weighted by molar-refractivity contribution is 6.30. The molecule has 2 rings (SSSR count). The number of hydrogen-bond acceptors (Lipinski definition) is 2. The zero-order valence-corrected chi connectivity index (χ0v) is 10.3. The van der Waals surface area contributed by atoms with E-state index >= 15 is 0 Å². The summed E-state index contributed by atoms with van der Waals surface area (Å²) in [4.78, 5) is 10.6. The zero-order chi connectivity index (χ0) is 13.0. The third-order valence-corrected chi connectivity index (χ3v) is 2.66. The normalized spacial score (nSPS) is 10.1. The lowest BCUT2D eigenvalue weighted by atomic mass is 10.1. The summed E-state index contributed by atoms with van der Waals surface area (Å²) in [5, 5.41) is 12.5. The Morgan fingerprint density at radius 1 is 1.11 bits per heavy atom. The highest BCUT2D eigenvalue weighted by Crippen LogP contribution is 2.20. The van der Waals surface area contributed by atoms with Crippen LogP contribution in [0.1, 0.15) is 5.56 Å². The Bertz CT molecular complexity index is 552. The van der Waals surface area contributed by atoms with Crippen LogP contribution in [0.5, 0.6) is 0 Å². The van der Waals surface area contributed by atoms with Gasteiger partial charge in [-0.05, 0) is 35.9 Å². The third kappa shape index (κ3) is 3.50. The number of carboxylic acids is 1. The molecule has 18 heavy (non-hydrogen) atoms. The van der Waals surface area contributed by atoms with Crippen molar-refractivity contribution in [3.63, 3.8) is 0 Å². The van der Waals surface area contributed by atoms with Gasteiger partial charge in [-0.1, -0.05) is 29.8 Å². The topological polar surface area (TPSA) is 49.3 Å². The first-order valence-corrected chi connectivity index (χ1v) is 5.84. The number of carbonyl (C=O) groups is 1. The molecule has 2 N–H and O–H groups in total. The summed E-state index contributed by atoms with van der Waals surface area (Å²) in [6.07, 6.45) is 0.0391. The molecule has 2 aromatic carbocycles. The van der Waals surface area contributed by atoms with Crippen LogP contribution in [-0.4, -0.2) is 11.1 Å². The molecular formula is C14H12ClNO2. The van der Waals surface area contributed by atoms with E-state index in [0.29, 0.717) is 5.02 Å². The molecule has 0 aromatic heterocycles. The van der Waals surface area contributed by atoms with Crippen LogP contribution < -0.4 is 5.32 Å². The lowest BCUT2D eigenvalue weighted by molar-refractivity contribution is -0.136. The largest absolute Gasteiger partial charge is 0.481 e. The number of anilines is 2. The van der Waals surface area contributed by atoms with Crippen molar-refractivity contribution in [2.24, 2.45) is 0 Å². The van der Waals surface area contributed by atoms with E-state index in [4.69, 9.17) is 16.7 Å². The Balaban J connectivity index is 2.08. The maximum absolute atomic E-state index is 10.6. The fourth-order valence-electron chi connectivity index (χ4n) is 1.61. The number of benzene rings is 2. The minimum absolute atomic E-state index is 0.0391. The fraction of sp³-hybridized carbons (Fsp3) is 0.0714. The smallest absolute Gasteiger partial charge is 0.307 e. The number of aliphatic carboxylic acids is 1. The molecule has 0 saturated heterocycles. The van der Waals surface area contributed by atoms with Gasteiger partial charge in [0.15, 0.2) is 0 Å². The maximum Gasteiger partial charge on any atom is 0.307 e. The molecule has 0 atom stereocenters. The maximum atomic E-state index is 10.6. The lowest BCUT2D eigenvalue weighted by Crippen LogP contribution is -1.99. The predicted octanol–water partition coefficient (Wildman–Crippen LogP) is 3.71. The second-order valence-electron chi connectivity index (χ2n) is 3.90. The van der Waals surface area contributed by atoms with Crippen molar-refractivity contribution in [2.75, 3.05) is 5.32 Å². The summed E-state index contributed by atoms with van der Waals surface area (Å²) >= 11 is 5.89. The zero-order valence-electron chi connectivity index (χ0n) is 9.56. The van der Waals surface area contributed by atoms with Gasteiger partial charge in [-0.3, -0.25) is 4.79 Å². The molecule has 2 aromatic rings. The molecule has 0 aliphatic heterocycles. The van der Waals surface area contributed by atoms with Crippen LogP contribution in [0.3, 0.4) is 0 Å². The minimum Gasteiger partial charge on any atom is -0.481 e. The number of halogens is 1. The van der Waals surface area contributed by atoms with Gasteiger partial charge in [0.1, 0.15) is 0 Å². The van der Waals surface area contributed by atoms with Crippen molar-refractivity contribution < 1.29 is 9.90 Å². The summed E-state index contributed by atoms with van der Waals surface area (Å²) < 4.78 is 0. The van der Waals surface area contributed by atoms with Crippen molar-refractivity contribution in [1.82, 2.24) is 0 Å². The van der Waals surface area contributed by atoms with Crippen LogP contribution in [-0.2, 0) is 11.2 Å². The van der Waals surface area contributed by atoms with E-state index in [1.165, 1.54) is 0 Å². The predicted molar refractivity (Wildman–Crippen MR) is 72.5 cm³/mol. The monoisotopic (exact) mass is 261 g/mol.